The molecule has 4 heteroatoms. The molecular weight excluding hydrogens is 253 g/mol. The van der Waals surface area contributed by atoms with Crippen molar-refractivity contribution < 1.29 is 4.79 Å². The minimum Gasteiger partial charge on any atom is -0.352 e. The van der Waals surface area contributed by atoms with Gasteiger partial charge in [-0.15, -0.1) is 0 Å². The quantitative estimate of drug-likeness (QED) is 0.762. The van der Waals surface area contributed by atoms with Crippen molar-refractivity contribution in [2.75, 3.05) is 6.54 Å². The molecule has 1 aromatic carbocycles. The van der Waals surface area contributed by atoms with Crippen LogP contribution in [0, 0.1) is 0 Å². The maximum absolute atomic E-state index is 11.4. The predicted octanol–water partition coefficient (Wildman–Crippen LogP) is 2.39. The van der Waals surface area contributed by atoms with E-state index in [2.05, 4.69) is 21.2 Å². The molecule has 0 unspecified atom stereocenters. The Kier molecular flexibility index (Phi) is 2.30. The number of halogens is 2. The van der Waals surface area contributed by atoms with Crippen molar-refractivity contribution in [1.29, 1.82) is 0 Å². The van der Waals surface area contributed by atoms with E-state index in [4.69, 9.17) is 11.6 Å². The molecule has 0 aliphatic carbocycles. The number of carbonyl (C=O) groups excluding carboxylic acids is 1. The Hall–Kier alpha value is -0.540. The number of carbonyl (C=O) groups is 1. The number of amides is 1. The Balaban J connectivity index is 2.63. The molecule has 1 N–H and O–H groups in total. The average molecular weight is 261 g/mol. The Labute approximate surface area is 89.4 Å². The Morgan fingerprint density at radius 3 is 3.00 bits per heavy atom. The van der Waals surface area contributed by atoms with E-state index in [0.29, 0.717) is 17.1 Å². The van der Waals surface area contributed by atoms with E-state index in [9.17, 15) is 4.79 Å². The van der Waals surface area contributed by atoms with Gasteiger partial charge in [-0.1, -0.05) is 27.5 Å². The largest absolute Gasteiger partial charge is 0.352 e. The second-order valence-corrected chi connectivity index (χ2v) is 4.25. The first kappa shape index (κ1) is 9.03. The smallest absolute Gasteiger partial charge is 0.253 e. The molecule has 1 heterocycles. The summed E-state index contributed by atoms with van der Waals surface area (Å²) in [6.45, 7) is 0.693. The van der Waals surface area contributed by atoms with Crippen LogP contribution in [0.1, 0.15) is 15.9 Å². The second kappa shape index (κ2) is 3.31. The monoisotopic (exact) mass is 259 g/mol. The Morgan fingerprint density at radius 2 is 2.23 bits per heavy atom. The molecule has 0 saturated heterocycles. The molecule has 0 bridgehead atoms. The van der Waals surface area contributed by atoms with E-state index in [1.807, 2.05) is 6.07 Å². The van der Waals surface area contributed by atoms with Gasteiger partial charge in [0, 0.05) is 11.0 Å². The van der Waals surface area contributed by atoms with Crippen molar-refractivity contribution in [3.8, 4) is 0 Å². The molecule has 1 aliphatic heterocycles. The van der Waals surface area contributed by atoms with Crippen molar-refractivity contribution in [2.24, 2.45) is 0 Å². The van der Waals surface area contributed by atoms with Gasteiger partial charge in [0.15, 0.2) is 0 Å². The van der Waals surface area contributed by atoms with Gasteiger partial charge in [-0.05, 0) is 24.1 Å². The van der Waals surface area contributed by atoms with Crippen LogP contribution in [0.25, 0.3) is 0 Å². The molecule has 0 radical (unpaired) electrons. The molecule has 1 amide bonds. The second-order valence-electron chi connectivity index (χ2n) is 2.93. The minimum atomic E-state index is -0.0706. The molecule has 68 valence electrons. The molecule has 13 heavy (non-hydrogen) atoms. The summed E-state index contributed by atoms with van der Waals surface area (Å²) in [6, 6.07) is 3.69. The molecule has 0 spiro atoms. The highest BCUT2D eigenvalue weighted by Gasteiger charge is 2.19. The van der Waals surface area contributed by atoms with Gasteiger partial charge in [-0.25, -0.2) is 0 Å². The van der Waals surface area contributed by atoms with Crippen LogP contribution in [0.4, 0.5) is 0 Å². The number of benzene rings is 1. The summed E-state index contributed by atoms with van der Waals surface area (Å²) in [7, 11) is 0. The van der Waals surface area contributed by atoms with Crippen molar-refractivity contribution in [3.05, 3.63) is 32.8 Å². The molecule has 0 saturated carbocycles. The summed E-state index contributed by atoms with van der Waals surface area (Å²) in [5.74, 6) is -0.0706. The van der Waals surface area contributed by atoms with Gasteiger partial charge in [0.2, 0.25) is 0 Å². The van der Waals surface area contributed by atoms with Gasteiger partial charge in [-0.2, -0.15) is 0 Å². The highest BCUT2D eigenvalue weighted by atomic mass is 79.9. The molecule has 0 aromatic heterocycles. The lowest BCUT2D eigenvalue weighted by Crippen LogP contribution is -2.32. The van der Waals surface area contributed by atoms with Crippen LogP contribution in [0.3, 0.4) is 0 Å². The first-order valence-corrected chi connectivity index (χ1v) is 5.11. The summed E-state index contributed by atoms with van der Waals surface area (Å²) in [5, 5.41) is 3.28. The lowest BCUT2D eigenvalue weighted by atomic mass is 10.0. The first-order chi connectivity index (χ1) is 6.18. The van der Waals surface area contributed by atoms with Crippen molar-refractivity contribution in [1.82, 2.24) is 5.32 Å². The predicted molar refractivity (Wildman–Crippen MR) is 55.2 cm³/mol. The van der Waals surface area contributed by atoms with Gasteiger partial charge >= 0.3 is 0 Å². The fourth-order valence-corrected chi connectivity index (χ4v) is 2.44. The van der Waals surface area contributed by atoms with Gasteiger partial charge in [0.1, 0.15) is 0 Å². The number of hydrogen-bond acceptors (Lipinski definition) is 1. The van der Waals surface area contributed by atoms with Crippen LogP contribution < -0.4 is 5.32 Å². The molecule has 1 aromatic rings. The number of fused-ring (bicyclic) bond motifs is 1. The van der Waals surface area contributed by atoms with Gasteiger partial charge in [-0.3, -0.25) is 4.79 Å². The summed E-state index contributed by atoms with van der Waals surface area (Å²) in [5.41, 5.74) is 1.64. The van der Waals surface area contributed by atoms with E-state index >= 15 is 0 Å². The normalized spacial score (nSPS) is 15.1. The van der Waals surface area contributed by atoms with Gasteiger partial charge in [0.05, 0.1) is 10.6 Å². The fraction of sp³-hybridized carbons (Fsp3) is 0.222. The number of nitrogens with one attached hydrogen (secondary N) is 1. The first-order valence-electron chi connectivity index (χ1n) is 3.94. The maximum Gasteiger partial charge on any atom is 0.253 e. The third-order valence-corrected chi connectivity index (χ3v) is 2.80. The summed E-state index contributed by atoms with van der Waals surface area (Å²) in [4.78, 5) is 11.4. The zero-order valence-electron chi connectivity index (χ0n) is 6.73. The van der Waals surface area contributed by atoms with Crippen LogP contribution in [0.2, 0.25) is 5.02 Å². The van der Waals surface area contributed by atoms with Crippen LogP contribution >= 0.6 is 27.5 Å². The zero-order chi connectivity index (χ0) is 9.42. The summed E-state index contributed by atoms with van der Waals surface area (Å²) < 4.78 is 0.922. The molecule has 2 rings (SSSR count). The van der Waals surface area contributed by atoms with E-state index < -0.39 is 0 Å². The van der Waals surface area contributed by atoms with Crippen LogP contribution in [0.5, 0.6) is 0 Å². The number of hydrogen-bond donors (Lipinski definition) is 1. The molecule has 0 fully saturated rings. The zero-order valence-corrected chi connectivity index (χ0v) is 9.08. The SMILES string of the molecule is O=C1NCCc2cc(Br)cc(Cl)c21. The van der Waals surface area contributed by atoms with Gasteiger partial charge < -0.3 is 5.32 Å². The van der Waals surface area contributed by atoms with E-state index in [0.717, 1.165) is 16.5 Å². The lowest BCUT2D eigenvalue weighted by Gasteiger charge is -2.17. The number of rotatable bonds is 0. The summed E-state index contributed by atoms with van der Waals surface area (Å²) >= 11 is 9.30. The highest BCUT2D eigenvalue weighted by molar-refractivity contribution is 9.10. The maximum atomic E-state index is 11.4. The van der Waals surface area contributed by atoms with Crippen molar-refractivity contribution in [3.63, 3.8) is 0 Å². The Bertz CT molecular complexity index is 378. The fourth-order valence-electron chi connectivity index (χ4n) is 1.48. The third kappa shape index (κ3) is 1.58. The van der Waals surface area contributed by atoms with Crippen molar-refractivity contribution in [2.45, 2.75) is 6.42 Å². The van der Waals surface area contributed by atoms with Crippen molar-refractivity contribution >= 4 is 33.4 Å². The third-order valence-electron chi connectivity index (χ3n) is 2.04. The van der Waals surface area contributed by atoms with Crippen LogP contribution in [-0.2, 0) is 6.42 Å². The molecular formula is C9H7BrClNO. The van der Waals surface area contributed by atoms with Crippen LogP contribution in [-0.4, -0.2) is 12.5 Å². The van der Waals surface area contributed by atoms with E-state index in [-0.39, 0.29) is 5.91 Å². The molecule has 2 nitrogen and oxygen atoms in total. The lowest BCUT2D eigenvalue weighted by molar-refractivity contribution is 0.0946. The van der Waals surface area contributed by atoms with E-state index in [1.54, 1.807) is 6.07 Å². The summed E-state index contributed by atoms with van der Waals surface area (Å²) in [6.07, 6.45) is 0.847. The highest BCUT2D eigenvalue weighted by Crippen LogP contribution is 2.27. The molecule has 1 aliphatic rings. The topological polar surface area (TPSA) is 29.1 Å². The average Bonchev–Trinajstić information content (AvgIpc) is 2.02. The minimum absolute atomic E-state index is 0.0706. The van der Waals surface area contributed by atoms with Crippen LogP contribution in [0.15, 0.2) is 16.6 Å². The van der Waals surface area contributed by atoms with E-state index in [1.165, 1.54) is 0 Å². The van der Waals surface area contributed by atoms with Gasteiger partial charge in [0.25, 0.3) is 5.91 Å². The molecule has 0 atom stereocenters. The Morgan fingerprint density at radius 1 is 1.46 bits per heavy atom. The standard InChI is InChI=1S/C9H7BrClNO/c10-6-3-5-1-2-12-9(13)8(5)7(11)4-6/h3-4H,1-2H2,(H,12,13).